The van der Waals surface area contributed by atoms with Crippen LogP contribution >= 0.6 is 0 Å². The molecule has 0 saturated heterocycles. The van der Waals surface area contributed by atoms with Crippen LogP contribution in [0.3, 0.4) is 0 Å². The van der Waals surface area contributed by atoms with E-state index in [1.807, 2.05) is 13.8 Å². The second kappa shape index (κ2) is 40.6. The maximum atomic E-state index is 12.9. The Labute approximate surface area is 388 Å². The number of nitrogens with one attached hydrogen (secondary N) is 4. The number of carboxylic acid groups (broad SMARTS) is 2. The zero-order valence-corrected chi connectivity index (χ0v) is 39.9. The summed E-state index contributed by atoms with van der Waals surface area (Å²) in [6.07, 6.45) is 22.3. The lowest BCUT2D eigenvalue weighted by Gasteiger charge is -2.28. The molecular weight excluding hydrogens is 841 g/mol. The fourth-order valence-electron chi connectivity index (χ4n) is 7.44. The largest absolute Gasteiger partial charge is 0.481 e. The number of hydrogen-bond donors (Lipinski definition) is 6. The van der Waals surface area contributed by atoms with E-state index < -0.39 is 18.0 Å². The first-order chi connectivity index (χ1) is 31.4. The molecule has 1 atom stereocenters. The van der Waals surface area contributed by atoms with Crippen LogP contribution in [0.4, 0.5) is 0 Å². The fourth-order valence-corrected chi connectivity index (χ4v) is 7.44. The molecule has 6 N–H and O–H groups in total. The van der Waals surface area contributed by atoms with Crippen molar-refractivity contribution < 1.29 is 62.7 Å². The zero-order chi connectivity index (χ0) is 47.8. The monoisotopic (exact) mass is 927 g/mol. The van der Waals surface area contributed by atoms with E-state index in [9.17, 15) is 38.7 Å². The molecule has 0 aliphatic heterocycles. The summed E-state index contributed by atoms with van der Waals surface area (Å²) in [6.45, 7) is 6.15. The summed E-state index contributed by atoms with van der Waals surface area (Å²) in [6, 6.07) is -1.18. The molecule has 4 amide bonds. The van der Waals surface area contributed by atoms with E-state index in [-0.39, 0.29) is 99.6 Å². The minimum absolute atomic E-state index is 0.0348. The van der Waals surface area contributed by atoms with Gasteiger partial charge in [0.25, 0.3) is 0 Å². The van der Waals surface area contributed by atoms with Crippen LogP contribution in [0.5, 0.6) is 0 Å². The molecule has 0 spiro atoms. The van der Waals surface area contributed by atoms with Crippen LogP contribution in [-0.4, -0.2) is 130 Å². The van der Waals surface area contributed by atoms with E-state index in [0.717, 1.165) is 51.4 Å². The zero-order valence-electron chi connectivity index (χ0n) is 39.9. The lowest BCUT2D eigenvalue weighted by molar-refractivity contribution is -0.143. The van der Waals surface area contributed by atoms with Crippen LogP contribution in [0.25, 0.3) is 0 Å². The minimum Gasteiger partial charge on any atom is -0.481 e. The summed E-state index contributed by atoms with van der Waals surface area (Å²) in [5.41, 5.74) is 0. The first kappa shape index (κ1) is 59.3. The number of ether oxygens (including phenoxy) is 4. The number of carbonyl (C=O) groups is 7. The molecule has 0 radical (unpaired) electrons. The van der Waals surface area contributed by atoms with Gasteiger partial charge >= 0.3 is 11.9 Å². The molecule has 1 rings (SSSR count). The Morgan fingerprint density at radius 1 is 0.508 bits per heavy atom. The highest BCUT2D eigenvalue weighted by Crippen LogP contribution is 2.29. The summed E-state index contributed by atoms with van der Waals surface area (Å²) >= 11 is 0. The lowest BCUT2D eigenvalue weighted by atomic mass is 9.81. The van der Waals surface area contributed by atoms with Gasteiger partial charge in [0.2, 0.25) is 23.6 Å². The predicted octanol–water partition coefficient (Wildman–Crippen LogP) is 5.89. The number of rotatable bonds is 44. The molecule has 65 heavy (non-hydrogen) atoms. The topological polar surface area (TPSA) is 245 Å². The standard InChI is InChI=1S/C48H86N4O13/c1-38(2)42(53)36-64-33-31-63-30-28-50-45(56)37-65-34-32-62-29-27-49-44(55)26-25-41(48(60)61)52-47(59)40-23-21-39(22-24-40)35-51-43(54)19-17-15-13-11-9-7-5-3-4-6-8-10-12-14-16-18-20-46(57)58/h38-41H,3-37H2,1-2H3,(H,49,55)(H,50,56)(H,51,54)(H,52,59)(H,57,58)(H,60,61)/t39?,40?,41-/m0/s1. The number of ketones is 1. The molecule has 17 heteroatoms. The average molecular weight is 927 g/mol. The number of Topliss-reactive ketones (excluding diaryl/α,β-unsaturated/α-hetero) is 1. The van der Waals surface area contributed by atoms with Gasteiger partial charge in [0.15, 0.2) is 5.78 Å². The van der Waals surface area contributed by atoms with Gasteiger partial charge in [-0.05, 0) is 50.9 Å². The van der Waals surface area contributed by atoms with Crippen molar-refractivity contribution in [3.05, 3.63) is 0 Å². The third kappa shape index (κ3) is 36.2. The Bertz CT molecular complexity index is 1310. The Morgan fingerprint density at radius 2 is 0.954 bits per heavy atom. The molecule has 0 aromatic rings. The Morgan fingerprint density at radius 3 is 1.45 bits per heavy atom. The van der Waals surface area contributed by atoms with Crippen molar-refractivity contribution in [3.8, 4) is 0 Å². The van der Waals surface area contributed by atoms with Gasteiger partial charge in [0.05, 0.1) is 39.6 Å². The number of aliphatic carboxylic acids is 2. The van der Waals surface area contributed by atoms with Gasteiger partial charge in [0, 0.05) is 50.7 Å². The molecule has 0 heterocycles. The molecule has 376 valence electrons. The summed E-state index contributed by atoms with van der Waals surface area (Å²) in [4.78, 5) is 83.4. The van der Waals surface area contributed by atoms with Gasteiger partial charge < -0.3 is 50.4 Å². The molecule has 1 aliphatic carbocycles. The highest BCUT2D eigenvalue weighted by atomic mass is 16.5. The second-order valence-corrected chi connectivity index (χ2v) is 17.7. The Kier molecular flexibility index (Phi) is 37.1. The van der Waals surface area contributed by atoms with Gasteiger partial charge in [-0.1, -0.05) is 104 Å². The first-order valence-corrected chi connectivity index (χ1v) is 24.8. The van der Waals surface area contributed by atoms with Crippen molar-refractivity contribution in [2.75, 3.05) is 72.5 Å². The quantitative estimate of drug-likeness (QED) is 0.0391. The third-order valence-electron chi connectivity index (χ3n) is 11.6. The average Bonchev–Trinajstić information content (AvgIpc) is 3.28. The normalized spacial score (nSPS) is 15.3. The van der Waals surface area contributed by atoms with Crippen molar-refractivity contribution in [2.45, 2.75) is 174 Å². The number of hydrogen-bond acceptors (Lipinski definition) is 11. The van der Waals surface area contributed by atoms with Crippen molar-refractivity contribution >= 4 is 41.4 Å². The first-order valence-electron chi connectivity index (χ1n) is 24.8. The van der Waals surface area contributed by atoms with E-state index in [4.69, 9.17) is 24.1 Å². The molecule has 0 unspecified atom stereocenters. The summed E-state index contributed by atoms with van der Waals surface area (Å²) in [7, 11) is 0. The number of carboxylic acids is 2. The maximum absolute atomic E-state index is 12.9. The molecular formula is C48H86N4O13. The van der Waals surface area contributed by atoms with Crippen LogP contribution in [0, 0.1) is 17.8 Å². The fraction of sp³-hybridized carbons (Fsp3) is 0.854. The van der Waals surface area contributed by atoms with Crippen molar-refractivity contribution in [1.29, 1.82) is 0 Å². The van der Waals surface area contributed by atoms with Crippen molar-refractivity contribution in [2.24, 2.45) is 17.8 Å². The van der Waals surface area contributed by atoms with Crippen LogP contribution in [0.15, 0.2) is 0 Å². The van der Waals surface area contributed by atoms with E-state index in [0.29, 0.717) is 58.6 Å². The van der Waals surface area contributed by atoms with Crippen molar-refractivity contribution in [1.82, 2.24) is 21.3 Å². The summed E-state index contributed by atoms with van der Waals surface area (Å²) in [5, 5.41) is 29.4. The van der Waals surface area contributed by atoms with E-state index in [2.05, 4.69) is 21.3 Å². The SMILES string of the molecule is CC(C)C(=O)COCCOCCNC(=O)COCCOCCNC(=O)CC[C@H](NC(=O)C1CCC(CNC(=O)CCCCCCCCCCCCCCCCCCC(=O)O)CC1)C(=O)O. The number of unbranched alkanes of at least 4 members (excludes halogenated alkanes) is 15. The number of amides is 4. The molecule has 17 nitrogen and oxygen atoms in total. The van der Waals surface area contributed by atoms with Crippen LogP contribution in [0.1, 0.15) is 168 Å². The van der Waals surface area contributed by atoms with E-state index in [1.165, 1.54) is 64.2 Å². The molecule has 0 aromatic heterocycles. The number of carbonyl (C=O) groups excluding carboxylic acids is 5. The smallest absolute Gasteiger partial charge is 0.326 e. The van der Waals surface area contributed by atoms with E-state index in [1.54, 1.807) is 0 Å². The third-order valence-corrected chi connectivity index (χ3v) is 11.6. The van der Waals surface area contributed by atoms with Gasteiger partial charge in [-0.15, -0.1) is 0 Å². The minimum atomic E-state index is -1.19. The van der Waals surface area contributed by atoms with Crippen LogP contribution < -0.4 is 21.3 Å². The predicted molar refractivity (Wildman–Crippen MR) is 247 cm³/mol. The van der Waals surface area contributed by atoms with Gasteiger partial charge in [-0.25, -0.2) is 4.79 Å². The highest BCUT2D eigenvalue weighted by Gasteiger charge is 2.30. The summed E-state index contributed by atoms with van der Waals surface area (Å²) in [5.74, 6) is -2.84. The lowest BCUT2D eigenvalue weighted by Crippen LogP contribution is -2.45. The summed E-state index contributed by atoms with van der Waals surface area (Å²) < 4.78 is 21.3. The van der Waals surface area contributed by atoms with E-state index >= 15 is 0 Å². The molecule has 0 bridgehead atoms. The Hall–Kier alpha value is -3.67. The second-order valence-electron chi connectivity index (χ2n) is 17.7. The van der Waals surface area contributed by atoms with Gasteiger partial charge in [-0.2, -0.15) is 0 Å². The Balaban J connectivity index is 1.99. The highest BCUT2D eigenvalue weighted by molar-refractivity contribution is 5.86. The van der Waals surface area contributed by atoms with Crippen LogP contribution in [0.2, 0.25) is 0 Å². The maximum Gasteiger partial charge on any atom is 0.326 e. The van der Waals surface area contributed by atoms with Gasteiger partial charge in [0.1, 0.15) is 19.3 Å². The van der Waals surface area contributed by atoms with Gasteiger partial charge in [-0.3, -0.25) is 28.8 Å². The molecule has 1 saturated carbocycles. The van der Waals surface area contributed by atoms with Crippen molar-refractivity contribution in [3.63, 3.8) is 0 Å². The molecule has 1 aliphatic rings. The van der Waals surface area contributed by atoms with Crippen LogP contribution in [-0.2, 0) is 52.5 Å². The molecule has 0 aromatic carbocycles. The molecule has 1 fully saturated rings.